The zero-order valence-corrected chi connectivity index (χ0v) is 31.7. The molecule has 0 spiro atoms. The van der Waals surface area contributed by atoms with E-state index in [4.69, 9.17) is 28.9 Å². The van der Waals surface area contributed by atoms with Gasteiger partial charge in [-0.1, -0.05) is 52.9 Å². The molecule has 0 saturated heterocycles. The predicted molar refractivity (Wildman–Crippen MR) is 226 cm³/mol. The second-order valence-corrected chi connectivity index (χ2v) is 13.0. The molecule has 7 heterocycles. The Balaban J connectivity index is 0.000000694. The Morgan fingerprint density at radius 2 is 1.28 bits per heavy atom. The van der Waals surface area contributed by atoms with Crippen LogP contribution in [-0.2, 0) is 0 Å². The highest BCUT2D eigenvalue weighted by molar-refractivity contribution is 14.1. The fourth-order valence-electron chi connectivity index (χ4n) is 4.33. The summed E-state index contributed by atoms with van der Waals surface area (Å²) in [6.07, 6.45) is 1.89. The lowest BCUT2D eigenvalue weighted by Gasteiger charge is -1.99. The summed E-state index contributed by atoms with van der Waals surface area (Å²) in [5.41, 5.74) is 11.4. The molecule has 0 aliphatic carbocycles. The fraction of sp³-hybridized carbons (Fsp3) is 0.333. The predicted octanol–water partition coefficient (Wildman–Crippen LogP) is 7.77. The largest absolute Gasteiger partial charge is 0.384 e. The molecule has 6 aromatic heterocycles. The van der Waals surface area contributed by atoms with Gasteiger partial charge in [0.1, 0.15) is 33.2 Å². The van der Waals surface area contributed by atoms with Crippen molar-refractivity contribution in [2.24, 2.45) is 10.7 Å². The molecular weight excluding hydrogens is 848 g/mol. The van der Waals surface area contributed by atoms with E-state index in [-0.39, 0.29) is 58.3 Å². The number of carbonyl (C=O) groups is 3. The van der Waals surface area contributed by atoms with Crippen molar-refractivity contribution in [2.75, 3.05) is 6.54 Å². The van der Waals surface area contributed by atoms with E-state index in [1.54, 1.807) is 12.1 Å². The van der Waals surface area contributed by atoms with Gasteiger partial charge in [-0.3, -0.25) is 29.3 Å². The van der Waals surface area contributed by atoms with E-state index in [9.17, 15) is 19.2 Å². The van der Waals surface area contributed by atoms with Crippen LogP contribution in [-0.4, -0.2) is 73.5 Å². The summed E-state index contributed by atoms with van der Waals surface area (Å²) < 4.78 is 5.26. The SMILES string of the molecule is C.C.C.C.CC(=O)c1cc(=O)n2[nH]c(C)cc2n1.CC(=O)c1cc(Cl)n2nc(C)c(I)c2n1.CC(=O)c1cc(Cl)n2nc(C)cc2n1.CC1=CC(N)=NC1. The van der Waals surface area contributed by atoms with Crippen LogP contribution >= 0.6 is 45.8 Å². The number of aryl methyl sites for hydroxylation is 3. The highest BCUT2D eigenvalue weighted by Crippen LogP contribution is 2.21. The lowest BCUT2D eigenvalue weighted by molar-refractivity contribution is 0.100. The number of H-pyrrole nitrogens is 1. The van der Waals surface area contributed by atoms with E-state index >= 15 is 0 Å². The lowest BCUT2D eigenvalue weighted by Crippen LogP contribution is -2.16. The number of halogens is 3. The quantitative estimate of drug-likeness (QED) is 0.100. The number of nitrogens with zero attached hydrogens (tertiary/aromatic N) is 9. The third-order valence-corrected chi connectivity index (χ3v) is 8.52. The number of aliphatic imine (C=N–C) groups is 1. The zero-order chi connectivity index (χ0) is 37.0. The third kappa shape index (κ3) is 11.8. The monoisotopic (exact) mass is 895 g/mol. The molecule has 0 unspecified atom stereocenters. The van der Waals surface area contributed by atoms with Gasteiger partial charge in [0.15, 0.2) is 34.3 Å². The van der Waals surface area contributed by atoms with E-state index in [1.165, 1.54) is 58.1 Å². The van der Waals surface area contributed by atoms with Crippen LogP contribution in [0, 0.1) is 24.3 Å². The summed E-state index contributed by atoms with van der Waals surface area (Å²) in [6.45, 7) is 12.7. The van der Waals surface area contributed by atoms with E-state index in [2.05, 4.69) is 57.8 Å². The minimum atomic E-state index is -0.270. The Bertz CT molecular complexity index is 2420. The van der Waals surface area contributed by atoms with Gasteiger partial charge >= 0.3 is 0 Å². The Kier molecular flexibility index (Phi) is 18.8. The van der Waals surface area contributed by atoms with Crippen molar-refractivity contribution >= 4 is 85.9 Å². The van der Waals surface area contributed by atoms with Crippen molar-refractivity contribution in [1.82, 2.24) is 43.8 Å². The lowest BCUT2D eigenvalue weighted by atomic mass is 10.3. The third-order valence-electron chi connectivity index (χ3n) is 6.72. The van der Waals surface area contributed by atoms with E-state index in [0.717, 1.165) is 27.2 Å². The van der Waals surface area contributed by atoms with Crippen LogP contribution in [0.1, 0.15) is 106 Å². The number of aromatic amines is 1. The molecule has 0 saturated carbocycles. The number of hydrogen-bond donors (Lipinski definition) is 2. The highest BCUT2D eigenvalue weighted by atomic mass is 127. The number of aromatic nitrogens is 9. The number of nitrogens with one attached hydrogen (secondary N) is 1. The first-order valence-corrected chi connectivity index (χ1v) is 16.6. The summed E-state index contributed by atoms with van der Waals surface area (Å²) in [4.78, 5) is 61.1. The average molecular weight is 897 g/mol. The van der Waals surface area contributed by atoms with Crippen LogP contribution in [0.3, 0.4) is 0 Å². The van der Waals surface area contributed by atoms with E-state index < -0.39 is 0 Å². The minimum absolute atomic E-state index is 0. The number of carbonyl (C=O) groups excluding carboxylic acids is 3. The number of rotatable bonds is 3. The van der Waals surface area contributed by atoms with Crippen LogP contribution < -0.4 is 11.3 Å². The van der Waals surface area contributed by atoms with Gasteiger partial charge in [-0.15, -0.1) is 0 Å². The maximum absolute atomic E-state index is 11.5. The Labute approximate surface area is 338 Å². The van der Waals surface area contributed by atoms with Crippen molar-refractivity contribution in [2.45, 2.75) is 78.2 Å². The number of hydrogen-bond acceptors (Lipinski definition) is 11. The molecule has 292 valence electrons. The molecule has 54 heavy (non-hydrogen) atoms. The molecule has 1 aliphatic rings. The number of ketones is 3. The van der Waals surface area contributed by atoms with Crippen molar-refractivity contribution in [1.29, 1.82) is 0 Å². The summed E-state index contributed by atoms with van der Waals surface area (Å²) in [5.74, 6) is 0.253. The summed E-state index contributed by atoms with van der Waals surface area (Å²) in [5, 5.41) is 12.0. The Morgan fingerprint density at radius 1 is 0.759 bits per heavy atom. The topological polar surface area (TPSA) is 200 Å². The normalized spacial score (nSPS) is 11.1. The van der Waals surface area contributed by atoms with Crippen molar-refractivity contribution in [3.05, 3.63) is 100 Å². The molecule has 0 amide bonds. The fourth-order valence-corrected chi connectivity index (χ4v) is 5.23. The van der Waals surface area contributed by atoms with Crippen molar-refractivity contribution in [3.63, 3.8) is 0 Å². The van der Waals surface area contributed by atoms with Gasteiger partial charge in [0.2, 0.25) is 0 Å². The minimum Gasteiger partial charge on any atom is -0.384 e. The van der Waals surface area contributed by atoms with E-state index in [0.29, 0.717) is 44.5 Å². The zero-order valence-electron chi connectivity index (χ0n) is 28.0. The van der Waals surface area contributed by atoms with Gasteiger partial charge in [0.25, 0.3) is 5.56 Å². The molecule has 0 bridgehead atoms. The van der Waals surface area contributed by atoms with Crippen LogP contribution in [0.4, 0.5) is 0 Å². The van der Waals surface area contributed by atoms with Crippen molar-refractivity contribution in [3.8, 4) is 0 Å². The number of fused-ring (bicyclic) bond motifs is 3. The van der Waals surface area contributed by atoms with Gasteiger partial charge in [0, 0.05) is 56.8 Å². The average Bonchev–Trinajstić information content (AvgIpc) is 3.80. The van der Waals surface area contributed by atoms with Gasteiger partial charge in [-0.2, -0.15) is 10.2 Å². The van der Waals surface area contributed by atoms with Crippen LogP contribution in [0.2, 0.25) is 10.3 Å². The molecule has 7 rings (SSSR count). The first-order valence-electron chi connectivity index (χ1n) is 14.8. The summed E-state index contributed by atoms with van der Waals surface area (Å²) in [6, 6.07) is 7.76. The summed E-state index contributed by atoms with van der Waals surface area (Å²) >= 11 is 14.1. The maximum Gasteiger partial charge on any atom is 0.273 e. The molecule has 6 aromatic rings. The molecular formula is C36H48Cl2IN11O4. The molecule has 0 atom stereocenters. The number of amidine groups is 1. The first-order chi connectivity index (χ1) is 23.4. The Hall–Kier alpha value is -4.81. The van der Waals surface area contributed by atoms with Gasteiger partial charge in [-0.05, 0) is 61.9 Å². The maximum atomic E-state index is 11.5. The second kappa shape index (κ2) is 20.6. The van der Waals surface area contributed by atoms with Crippen LogP contribution in [0.25, 0.3) is 16.9 Å². The van der Waals surface area contributed by atoms with Crippen molar-refractivity contribution < 1.29 is 14.4 Å². The molecule has 3 N–H and O–H groups in total. The number of Topliss-reactive ketones (excluding diaryl/α,β-unsaturated/α-hetero) is 3. The molecule has 15 nitrogen and oxygen atoms in total. The molecule has 0 radical (unpaired) electrons. The van der Waals surface area contributed by atoms with Gasteiger partial charge < -0.3 is 5.73 Å². The summed E-state index contributed by atoms with van der Waals surface area (Å²) in [7, 11) is 0. The molecule has 1 aliphatic heterocycles. The van der Waals surface area contributed by atoms with Crippen LogP contribution in [0.5, 0.6) is 0 Å². The second-order valence-electron chi connectivity index (χ2n) is 11.1. The van der Waals surface area contributed by atoms with E-state index in [1.807, 2.05) is 33.8 Å². The smallest absolute Gasteiger partial charge is 0.273 e. The first kappa shape index (κ1) is 49.2. The molecule has 0 fully saturated rings. The van der Waals surface area contributed by atoms with Gasteiger partial charge in [0.05, 0.1) is 21.5 Å². The standard InChI is InChI=1S/C9H7ClIN3O.C9H8ClN3O.C9H9N3O2.C5H8N2.4CH4/c1-4-8(11)9-12-6(5(2)15)3-7(10)14(9)13-4;1-5-3-9-11-7(6(2)14)4-8(10)13(9)12-5;1-5-3-8-10-7(6(2)13)4-9(14)12(8)11-5;1-4-2-5(6)7-3-4;;;;/h3H,1-2H3;3-4H,1-2H3;3-4,11H,1-2H3;2H,3H2,1H3,(H2,6,7);4*1H4. The van der Waals surface area contributed by atoms with Crippen LogP contribution in [0.15, 0.2) is 51.8 Å². The number of nitrogens with two attached hydrogens (primary N) is 1. The molecule has 0 aromatic carbocycles. The molecule has 18 heteroatoms. The highest BCUT2D eigenvalue weighted by Gasteiger charge is 2.14. The Morgan fingerprint density at radius 3 is 1.78 bits per heavy atom. The van der Waals surface area contributed by atoms with Gasteiger partial charge in [-0.25, -0.2) is 28.5 Å².